The maximum atomic E-state index is 15.1. The molecule has 0 atom stereocenters. The number of carbonyl (C=O) groups is 1. The third-order valence-corrected chi connectivity index (χ3v) is 7.05. The monoisotopic (exact) mass is 574 g/mol. The Morgan fingerprint density at radius 1 is 1.07 bits per heavy atom. The van der Waals surface area contributed by atoms with Gasteiger partial charge < -0.3 is 10.2 Å². The molecule has 0 saturated carbocycles. The van der Waals surface area contributed by atoms with Gasteiger partial charge in [0.1, 0.15) is 12.4 Å². The Labute approximate surface area is 231 Å². The summed E-state index contributed by atoms with van der Waals surface area (Å²) in [4.78, 5) is 16.5. The fraction of sp³-hybridized carbons (Fsp3) is 0.333. The third-order valence-electron chi connectivity index (χ3n) is 7.05. The van der Waals surface area contributed by atoms with Crippen LogP contribution in [-0.2, 0) is 6.18 Å². The molecule has 1 aliphatic rings. The number of hydrogen-bond acceptors (Lipinski definition) is 6. The quantitative estimate of drug-likeness (QED) is 0.309. The number of aryl methyl sites for hydroxylation is 2. The normalized spacial score (nSPS) is 14.5. The minimum Gasteiger partial charge on any atom is -0.367 e. The van der Waals surface area contributed by atoms with Crippen LogP contribution in [-0.4, -0.2) is 75.4 Å². The van der Waals surface area contributed by atoms with E-state index in [4.69, 9.17) is 0 Å². The zero-order valence-electron chi connectivity index (χ0n) is 22.3. The Kier molecular flexibility index (Phi) is 7.76. The smallest absolute Gasteiger partial charge is 0.367 e. The molecule has 9 nitrogen and oxygen atoms in total. The molecule has 2 aromatic carbocycles. The van der Waals surface area contributed by atoms with Crippen LogP contribution in [0.2, 0.25) is 0 Å². The van der Waals surface area contributed by atoms with Crippen molar-refractivity contribution in [1.29, 1.82) is 0 Å². The van der Waals surface area contributed by atoms with Gasteiger partial charge in [-0.15, -0.1) is 5.10 Å². The summed E-state index contributed by atoms with van der Waals surface area (Å²) in [6.45, 7) is 4.49. The number of hydrogen-bond donors (Lipinski definition) is 2. The molecule has 14 heteroatoms. The maximum Gasteiger partial charge on any atom is 0.419 e. The summed E-state index contributed by atoms with van der Waals surface area (Å²) >= 11 is 0. The van der Waals surface area contributed by atoms with Crippen LogP contribution >= 0.6 is 0 Å². The first-order chi connectivity index (χ1) is 19.5. The Morgan fingerprint density at radius 2 is 1.83 bits per heavy atom. The van der Waals surface area contributed by atoms with Crippen molar-refractivity contribution in [2.24, 2.45) is 0 Å². The van der Waals surface area contributed by atoms with E-state index in [2.05, 4.69) is 25.8 Å². The molecule has 3 heterocycles. The second-order valence-electron chi connectivity index (χ2n) is 9.78. The largest absolute Gasteiger partial charge is 0.419 e. The van der Waals surface area contributed by atoms with Gasteiger partial charge in [0.05, 0.1) is 29.3 Å². The van der Waals surface area contributed by atoms with Crippen molar-refractivity contribution in [3.63, 3.8) is 0 Å². The first-order valence-electron chi connectivity index (χ1n) is 12.8. The number of aromatic nitrogens is 5. The fourth-order valence-corrected chi connectivity index (χ4v) is 4.76. The highest BCUT2D eigenvalue weighted by Gasteiger charge is 2.37. The van der Waals surface area contributed by atoms with E-state index in [9.17, 15) is 22.4 Å². The summed E-state index contributed by atoms with van der Waals surface area (Å²) in [5.41, 5.74) is 1.65. The number of aromatic amines is 1. The lowest BCUT2D eigenvalue weighted by Gasteiger charge is -2.36. The number of halogens is 5. The number of rotatable bonds is 7. The van der Waals surface area contributed by atoms with Gasteiger partial charge in [-0.2, -0.15) is 18.3 Å². The second kappa shape index (κ2) is 11.3. The van der Waals surface area contributed by atoms with E-state index in [0.717, 1.165) is 16.8 Å². The predicted octanol–water partition coefficient (Wildman–Crippen LogP) is 4.78. The summed E-state index contributed by atoms with van der Waals surface area (Å²) in [5.74, 6) is -2.10. The summed E-state index contributed by atoms with van der Waals surface area (Å²) in [7, 11) is 0. The van der Waals surface area contributed by atoms with Crippen LogP contribution < -0.4 is 10.2 Å². The molecule has 2 N–H and O–H groups in total. The fourth-order valence-electron chi connectivity index (χ4n) is 4.76. The molecule has 1 amide bonds. The van der Waals surface area contributed by atoms with Crippen molar-refractivity contribution in [1.82, 2.24) is 30.1 Å². The Hall–Kier alpha value is -4.33. The molecular weight excluding hydrogens is 547 g/mol. The van der Waals surface area contributed by atoms with E-state index >= 15 is 4.39 Å². The molecular formula is C27H27F5N8O. The topological polar surface area (TPSA) is 95.0 Å². The molecule has 5 rings (SSSR count). The zero-order chi connectivity index (χ0) is 29.3. The zero-order valence-corrected chi connectivity index (χ0v) is 22.3. The van der Waals surface area contributed by atoms with Gasteiger partial charge in [0, 0.05) is 55.2 Å². The standard InChI is InChI=1S/C27H27F5N8O/c1-16-3-4-18(11-23(16)40-15-22(36-37-40)20-14-33-35-17(20)2)26(41)34-19-12-21(27(30,31)32)25(29)24(13-19)39-9-7-38(6-5-28)8-10-39/h3-4,11-15H,5-10H2,1-2H3,(H,33,35)(H,34,41). The van der Waals surface area contributed by atoms with Crippen molar-refractivity contribution >= 4 is 17.3 Å². The van der Waals surface area contributed by atoms with Gasteiger partial charge in [-0.3, -0.25) is 14.8 Å². The van der Waals surface area contributed by atoms with E-state index in [-0.39, 0.29) is 36.6 Å². The number of alkyl halides is 4. The van der Waals surface area contributed by atoms with Gasteiger partial charge in [0.25, 0.3) is 5.91 Å². The Balaban J connectivity index is 1.42. The summed E-state index contributed by atoms with van der Waals surface area (Å²) < 4.78 is 70.6. The van der Waals surface area contributed by atoms with E-state index in [1.54, 1.807) is 24.5 Å². The average molecular weight is 575 g/mol. The molecule has 1 saturated heterocycles. The number of nitrogens with one attached hydrogen (secondary N) is 2. The van der Waals surface area contributed by atoms with Gasteiger partial charge in [0.15, 0.2) is 5.82 Å². The summed E-state index contributed by atoms with van der Waals surface area (Å²) in [6, 6.07) is 6.54. The highest BCUT2D eigenvalue weighted by Crippen LogP contribution is 2.38. The van der Waals surface area contributed by atoms with Crippen molar-refractivity contribution < 1.29 is 26.7 Å². The third kappa shape index (κ3) is 5.92. The molecule has 2 aromatic heterocycles. The van der Waals surface area contributed by atoms with E-state index in [0.29, 0.717) is 30.5 Å². The van der Waals surface area contributed by atoms with Crippen molar-refractivity contribution in [2.75, 3.05) is 49.6 Å². The molecule has 0 radical (unpaired) electrons. The second-order valence-corrected chi connectivity index (χ2v) is 9.78. The maximum absolute atomic E-state index is 15.1. The van der Waals surface area contributed by atoms with Gasteiger partial charge >= 0.3 is 6.18 Å². The molecule has 1 aliphatic heterocycles. The first kappa shape index (κ1) is 28.2. The highest BCUT2D eigenvalue weighted by molar-refractivity contribution is 6.05. The van der Waals surface area contributed by atoms with Crippen LogP contribution in [0.25, 0.3) is 16.9 Å². The lowest BCUT2D eigenvalue weighted by atomic mass is 10.1. The van der Waals surface area contributed by atoms with Crippen molar-refractivity contribution in [2.45, 2.75) is 20.0 Å². The first-order valence-corrected chi connectivity index (χ1v) is 12.8. The van der Waals surface area contributed by atoms with Gasteiger partial charge in [-0.25, -0.2) is 13.5 Å². The van der Waals surface area contributed by atoms with Crippen LogP contribution in [0.1, 0.15) is 27.2 Å². The molecule has 216 valence electrons. The number of carbonyl (C=O) groups excluding carboxylic acids is 1. The average Bonchev–Trinajstić information content (AvgIpc) is 3.59. The van der Waals surface area contributed by atoms with Crippen LogP contribution in [0.5, 0.6) is 0 Å². The molecule has 0 spiro atoms. The molecule has 41 heavy (non-hydrogen) atoms. The summed E-state index contributed by atoms with van der Waals surface area (Å²) in [5, 5.41) is 17.6. The number of piperazine rings is 1. The summed E-state index contributed by atoms with van der Waals surface area (Å²) in [6.07, 6.45) is -1.68. The minimum atomic E-state index is -4.98. The molecule has 4 aromatic rings. The van der Waals surface area contributed by atoms with Crippen LogP contribution in [0.3, 0.4) is 0 Å². The molecule has 0 aliphatic carbocycles. The van der Waals surface area contributed by atoms with E-state index in [1.807, 2.05) is 18.7 Å². The highest BCUT2D eigenvalue weighted by atomic mass is 19.4. The van der Waals surface area contributed by atoms with Crippen molar-refractivity contribution in [3.8, 4) is 16.9 Å². The minimum absolute atomic E-state index is 0.154. The number of anilines is 2. The lowest BCUT2D eigenvalue weighted by molar-refractivity contribution is -0.139. The molecule has 0 bridgehead atoms. The van der Waals surface area contributed by atoms with Crippen LogP contribution in [0.4, 0.5) is 33.3 Å². The van der Waals surface area contributed by atoms with Gasteiger partial charge in [-0.1, -0.05) is 11.3 Å². The number of nitrogens with zero attached hydrogens (tertiary/aromatic N) is 6. The van der Waals surface area contributed by atoms with E-state index in [1.165, 1.54) is 21.7 Å². The van der Waals surface area contributed by atoms with E-state index < -0.39 is 30.1 Å². The lowest BCUT2D eigenvalue weighted by Crippen LogP contribution is -2.47. The number of amides is 1. The SMILES string of the molecule is Cc1ccc(C(=O)Nc2cc(N3CCN(CCF)CC3)c(F)c(C(F)(F)F)c2)cc1-n1cc(-c2cn[nH]c2C)nn1. The number of benzene rings is 2. The Morgan fingerprint density at radius 3 is 2.49 bits per heavy atom. The Bertz CT molecular complexity index is 1560. The van der Waals surface area contributed by atoms with Crippen LogP contribution in [0.15, 0.2) is 42.7 Å². The molecule has 0 unspecified atom stereocenters. The van der Waals surface area contributed by atoms with Gasteiger partial charge in [0.2, 0.25) is 0 Å². The van der Waals surface area contributed by atoms with Crippen molar-refractivity contribution in [3.05, 3.63) is 70.9 Å². The molecule has 1 fully saturated rings. The van der Waals surface area contributed by atoms with Gasteiger partial charge in [-0.05, 0) is 43.7 Å². The predicted molar refractivity (Wildman–Crippen MR) is 142 cm³/mol. The van der Waals surface area contributed by atoms with Crippen LogP contribution in [0, 0.1) is 19.7 Å². The number of H-pyrrole nitrogens is 1.